The predicted molar refractivity (Wildman–Crippen MR) is 87.5 cm³/mol. The predicted octanol–water partition coefficient (Wildman–Crippen LogP) is 4.56. The first-order valence-corrected chi connectivity index (χ1v) is 8.26. The van der Waals surface area contributed by atoms with Crippen molar-refractivity contribution < 1.29 is 4.39 Å². The lowest BCUT2D eigenvalue weighted by Crippen LogP contribution is -2.44. The van der Waals surface area contributed by atoms with Gasteiger partial charge in [0.2, 0.25) is 0 Å². The summed E-state index contributed by atoms with van der Waals surface area (Å²) in [6.07, 6.45) is 3.75. The maximum absolute atomic E-state index is 13.3. The number of hydrogen-bond donors (Lipinski definition) is 0. The third-order valence-electron chi connectivity index (χ3n) is 5.75. The molecule has 0 unspecified atom stereocenters. The maximum Gasteiger partial charge on any atom is 0.123 e. The fraction of sp³-hybridized carbons (Fsp3) is 0.400. The molecule has 2 aromatic rings. The zero-order chi connectivity index (χ0) is 15.1. The lowest BCUT2D eigenvalue weighted by Gasteiger charge is -2.43. The van der Waals surface area contributed by atoms with Gasteiger partial charge in [-0.2, -0.15) is 0 Å². The van der Waals surface area contributed by atoms with Crippen LogP contribution in [0.4, 0.5) is 4.39 Å². The van der Waals surface area contributed by atoms with E-state index in [1.54, 1.807) is 12.1 Å². The Morgan fingerprint density at radius 3 is 2.36 bits per heavy atom. The van der Waals surface area contributed by atoms with Crippen LogP contribution in [0.3, 0.4) is 0 Å². The van der Waals surface area contributed by atoms with E-state index >= 15 is 0 Å². The molecule has 0 spiro atoms. The molecule has 2 heteroatoms. The minimum Gasteiger partial charge on any atom is -0.300 e. The zero-order valence-electron chi connectivity index (χ0n) is 13.0. The van der Waals surface area contributed by atoms with Crippen molar-refractivity contribution in [1.82, 2.24) is 4.90 Å². The number of fused-ring (bicyclic) bond motifs is 2. The van der Waals surface area contributed by atoms with E-state index in [9.17, 15) is 4.39 Å². The van der Waals surface area contributed by atoms with Crippen molar-refractivity contribution in [2.24, 2.45) is 0 Å². The molecule has 2 aliphatic heterocycles. The molecular weight excluding hydrogens is 273 g/mol. The molecule has 2 fully saturated rings. The van der Waals surface area contributed by atoms with Gasteiger partial charge in [-0.05, 0) is 55.5 Å². The second-order valence-corrected chi connectivity index (χ2v) is 6.79. The van der Waals surface area contributed by atoms with Crippen LogP contribution in [0.1, 0.15) is 42.2 Å². The van der Waals surface area contributed by atoms with Crippen molar-refractivity contribution >= 4 is 0 Å². The molecule has 0 aliphatic carbocycles. The summed E-state index contributed by atoms with van der Waals surface area (Å²) in [5.41, 5.74) is 2.72. The zero-order valence-corrected chi connectivity index (χ0v) is 13.0. The number of rotatable bonds is 2. The highest BCUT2D eigenvalue weighted by atomic mass is 19.1. The molecule has 0 radical (unpaired) electrons. The monoisotopic (exact) mass is 295 g/mol. The number of halogens is 1. The SMILES string of the molecule is CN1[C@H]2CC[C@@H]1[C@@H](c1ccccc1)[C@@H](c1ccc(F)cc1)C2. The number of piperidine rings is 1. The third-order valence-corrected chi connectivity index (χ3v) is 5.75. The van der Waals surface area contributed by atoms with Crippen LogP contribution in [0.15, 0.2) is 54.6 Å². The van der Waals surface area contributed by atoms with Crippen LogP contribution in [-0.2, 0) is 0 Å². The highest BCUT2D eigenvalue weighted by molar-refractivity contribution is 5.33. The number of nitrogens with zero attached hydrogens (tertiary/aromatic N) is 1. The number of benzene rings is 2. The molecule has 0 amide bonds. The molecule has 4 rings (SSSR count). The molecule has 2 aromatic carbocycles. The van der Waals surface area contributed by atoms with E-state index in [1.165, 1.54) is 30.4 Å². The van der Waals surface area contributed by atoms with E-state index in [2.05, 4.69) is 42.3 Å². The van der Waals surface area contributed by atoms with Crippen molar-refractivity contribution in [2.75, 3.05) is 7.05 Å². The Hall–Kier alpha value is -1.67. The van der Waals surface area contributed by atoms with E-state index in [4.69, 9.17) is 0 Å². The van der Waals surface area contributed by atoms with Gasteiger partial charge in [-0.3, -0.25) is 4.90 Å². The van der Waals surface area contributed by atoms with Crippen LogP contribution in [0.5, 0.6) is 0 Å². The third kappa shape index (κ3) is 2.26. The van der Waals surface area contributed by atoms with Crippen molar-refractivity contribution in [3.05, 3.63) is 71.5 Å². The fourth-order valence-electron chi connectivity index (χ4n) is 4.65. The summed E-state index contributed by atoms with van der Waals surface area (Å²) >= 11 is 0. The quantitative estimate of drug-likeness (QED) is 0.785. The van der Waals surface area contributed by atoms with Gasteiger partial charge in [0, 0.05) is 18.0 Å². The van der Waals surface area contributed by atoms with Gasteiger partial charge in [0.1, 0.15) is 5.82 Å². The Labute approximate surface area is 131 Å². The van der Waals surface area contributed by atoms with Gasteiger partial charge in [0.05, 0.1) is 0 Å². The first-order valence-electron chi connectivity index (χ1n) is 8.26. The van der Waals surface area contributed by atoms with Gasteiger partial charge in [0.25, 0.3) is 0 Å². The van der Waals surface area contributed by atoms with Gasteiger partial charge < -0.3 is 0 Å². The van der Waals surface area contributed by atoms with Gasteiger partial charge in [-0.25, -0.2) is 4.39 Å². The first kappa shape index (κ1) is 14.0. The second kappa shape index (κ2) is 5.51. The molecule has 22 heavy (non-hydrogen) atoms. The van der Waals surface area contributed by atoms with Crippen LogP contribution in [0, 0.1) is 5.82 Å². The van der Waals surface area contributed by atoms with Crippen LogP contribution in [0.25, 0.3) is 0 Å². The lowest BCUT2D eigenvalue weighted by molar-refractivity contribution is 0.137. The van der Waals surface area contributed by atoms with Crippen molar-refractivity contribution in [3.63, 3.8) is 0 Å². The summed E-state index contributed by atoms with van der Waals surface area (Å²) in [6.45, 7) is 0. The van der Waals surface area contributed by atoms with Gasteiger partial charge >= 0.3 is 0 Å². The summed E-state index contributed by atoms with van der Waals surface area (Å²) in [7, 11) is 2.28. The summed E-state index contributed by atoms with van der Waals surface area (Å²) in [6, 6.07) is 19.4. The summed E-state index contributed by atoms with van der Waals surface area (Å²) in [5, 5.41) is 0. The number of hydrogen-bond acceptors (Lipinski definition) is 1. The van der Waals surface area contributed by atoms with Gasteiger partial charge in [-0.15, -0.1) is 0 Å². The van der Waals surface area contributed by atoms with E-state index < -0.39 is 0 Å². The van der Waals surface area contributed by atoms with E-state index in [0.717, 1.165) is 0 Å². The largest absolute Gasteiger partial charge is 0.300 e. The van der Waals surface area contributed by atoms with Crippen molar-refractivity contribution in [1.29, 1.82) is 0 Å². The van der Waals surface area contributed by atoms with E-state index in [1.807, 2.05) is 12.1 Å². The Morgan fingerprint density at radius 2 is 1.64 bits per heavy atom. The fourth-order valence-corrected chi connectivity index (χ4v) is 4.65. The summed E-state index contributed by atoms with van der Waals surface area (Å²) in [4.78, 5) is 2.58. The Kier molecular flexibility index (Phi) is 3.50. The molecule has 0 saturated carbocycles. The highest BCUT2D eigenvalue weighted by Gasteiger charge is 2.46. The minimum atomic E-state index is -0.143. The topological polar surface area (TPSA) is 3.24 Å². The van der Waals surface area contributed by atoms with Crippen molar-refractivity contribution in [3.8, 4) is 0 Å². The van der Waals surface area contributed by atoms with Crippen LogP contribution in [-0.4, -0.2) is 24.0 Å². The van der Waals surface area contributed by atoms with E-state index in [0.29, 0.717) is 23.9 Å². The molecule has 114 valence electrons. The molecule has 2 saturated heterocycles. The van der Waals surface area contributed by atoms with Crippen LogP contribution in [0.2, 0.25) is 0 Å². The smallest absolute Gasteiger partial charge is 0.123 e. The molecule has 2 bridgehead atoms. The van der Waals surface area contributed by atoms with Crippen LogP contribution >= 0.6 is 0 Å². The molecular formula is C20H22FN. The molecule has 1 nitrogen and oxygen atoms in total. The Morgan fingerprint density at radius 1 is 0.909 bits per heavy atom. The average molecular weight is 295 g/mol. The van der Waals surface area contributed by atoms with Crippen molar-refractivity contribution in [2.45, 2.75) is 43.2 Å². The van der Waals surface area contributed by atoms with Gasteiger partial charge in [0.15, 0.2) is 0 Å². The first-order chi connectivity index (χ1) is 10.7. The lowest BCUT2D eigenvalue weighted by atomic mass is 9.73. The van der Waals surface area contributed by atoms with Crippen LogP contribution < -0.4 is 0 Å². The second-order valence-electron chi connectivity index (χ2n) is 6.79. The summed E-state index contributed by atoms with van der Waals surface area (Å²) < 4.78 is 13.3. The minimum absolute atomic E-state index is 0.143. The maximum atomic E-state index is 13.3. The molecule has 4 atom stereocenters. The average Bonchev–Trinajstić information content (AvgIpc) is 2.79. The Bertz CT molecular complexity index is 637. The molecule has 2 heterocycles. The van der Waals surface area contributed by atoms with Gasteiger partial charge in [-0.1, -0.05) is 42.5 Å². The standard InChI is InChI=1S/C20H22FN/c1-22-17-11-12-19(22)20(15-5-3-2-4-6-15)18(13-17)14-7-9-16(21)10-8-14/h2-10,17-20H,11-13H2,1H3/t17-,18+,19+,20-/m0/s1. The summed E-state index contributed by atoms with van der Waals surface area (Å²) in [5.74, 6) is 0.864. The molecule has 0 aromatic heterocycles. The highest BCUT2D eigenvalue weighted by Crippen LogP contribution is 2.50. The molecule has 0 N–H and O–H groups in total. The van der Waals surface area contributed by atoms with E-state index in [-0.39, 0.29) is 5.82 Å². The normalized spacial score (nSPS) is 31.4. The molecule has 2 aliphatic rings. The number of likely N-dealkylation sites (N-methyl/N-ethyl adjacent to an activating group) is 1. The Balaban J connectivity index is 1.76.